The first-order valence-corrected chi connectivity index (χ1v) is 9.87. The van der Waals surface area contributed by atoms with E-state index in [4.69, 9.17) is 5.10 Å². The molecule has 0 amide bonds. The minimum absolute atomic E-state index is 0.522. The summed E-state index contributed by atoms with van der Waals surface area (Å²) in [6, 6.07) is 13.1. The van der Waals surface area contributed by atoms with Crippen molar-refractivity contribution in [1.29, 1.82) is 0 Å². The van der Waals surface area contributed by atoms with Crippen LogP contribution in [0.25, 0.3) is 27.9 Å². The molecule has 5 rings (SSSR count). The summed E-state index contributed by atoms with van der Waals surface area (Å²) in [6.45, 7) is 4.47. The zero-order valence-corrected chi connectivity index (χ0v) is 15.9. The average molecular weight is 359 g/mol. The molecule has 1 aliphatic rings. The number of H-pyrrole nitrogens is 1. The lowest BCUT2D eigenvalue weighted by Crippen LogP contribution is -2.25. The number of aromatic amines is 1. The highest BCUT2D eigenvalue weighted by molar-refractivity contribution is 5.87. The van der Waals surface area contributed by atoms with Crippen LogP contribution in [0.4, 0.5) is 5.82 Å². The van der Waals surface area contributed by atoms with Gasteiger partial charge in [-0.3, -0.25) is 0 Å². The zero-order chi connectivity index (χ0) is 18.4. The normalized spacial score (nSPS) is 20.4. The third-order valence-corrected chi connectivity index (χ3v) is 5.87. The number of nitrogens with one attached hydrogen (secondary N) is 2. The third kappa shape index (κ3) is 2.97. The van der Waals surface area contributed by atoms with Crippen LogP contribution in [0.3, 0.4) is 0 Å². The molecule has 3 heterocycles. The molecule has 5 nitrogen and oxygen atoms in total. The molecule has 1 fully saturated rings. The predicted molar refractivity (Wildman–Crippen MR) is 110 cm³/mol. The molecular weight excluding hydrogens is 334 g/mol. The van der Waals surface area contributed by atoms with Crippen molar-refractivity contribution >= 4 is 22.4 Å². The minimum atomic E-state index is 0.522. The van der Waals surface area contributed by atoms with Crippen LogP contribution in [0.15, 0.2) is 42.6 Å². The van der Waals surface area contributed by atoms with E-state index in [2.05, 4.69) is 53.4 Å². The van der Waals surface area contributed by atoms with E-state index in [1.165, 1.54) is 42.1 Å². The molecule has 0 aliphatic heterocycles. The Bertz CT molecular complexity index is 1100. The summed E-state index contributed by atoms with van der Waals surface area (Å²) in [5.74, 6) is 1.78. The summed E-state index contributed by atoms with van der Waals surface area (Å²) in [5.41, 5.74) is 5.31. The highest BCUT2D eigenvalue weighted by Gasteiger charge is 2.19. The first kappa shape index (κ1) is 16.4. The second kappa shape index (κ2) is 6.41. The van der Waals surface area contributed by atoms with Crippen LogP contribution >= 0.6 is 0 Å². The number of rotatable bonds is 3. The van der Waals surface area contributed by atoms with Gasteiger partial charge in [-0.15, -0.1) is 5.10 Å². The summed E-state index contributed by atoms with van der Waals surface area (Å²) < 4.78 is 1.94. The van der Waals surface area contributed by atoms with Gasteiger partial charge in [0.2, 0.25) is 0 Å². The van der Waals surface area contributed by atoms with Crippen molar-refractivity contribution in [1.82, 2.24) is 19.6 Å². The monoisotopic (exact) mass is 359 g/mol. The molecule has 0 spiro atoms. The van der Waals surface area contributed by atoms with Gasteiger partial charge in [-0.2, -0.15) is 0 Å². The van der Waals surface area contributed by atoms with Gasteiger partial charge in [0.1, 0.15) is 11.5 Å². The highest BCUT2D eigenvalue weighted by Crippen LogP contribution is 2.28. The third-order valence-electron chi connectivity index (χ3n) is 5.87. The van der Waals surface area contributed by atoms with Crippen LogP contribution < -0.4 is 5.32 Å². The molecule has 0 radical (unpaired) electrons. The van der Waals surface area contributed by atoms with Gasteiger partial charge in [-0.1, -0.05) is 25.1 Å². The lowest BCUT2D eigenvalue weighted by atomic mass is 9.87. The maximum absolute atomic E-state index is 4.84. The van der Waals surface area contributed by atoms with E-state index in [1.807, 2.05) is 22.8 Å². The summed E-state index contributed by atoms with van der Waals surface area (Å²) in [5, 5.41) is 9.68. The second-order valence-corrected chi connectivity index (χ2v) is 7.96. The average Bonchev–Trinajstić information content (AvgIpc) is 3.28. The molecule has 0 saturated heterocycles. The fraction of sp³-hybridized carbons (Fsp3) is 0.364. The number of fused-ring (bicyclic) bond motifs is 2. The molecule has 0 bridgehead atoms. The number of anilines is 1. The molecule has 3 aromatic heterocycles. The van der Waals surface area contributed by atoms with Crippen LogP contribution in [0, 0.1) is 12.8 Å². The smallest absolute Gasteiger partial charge is 0.154 e. The molecule has 0 atom stereocenters. The Balaban J connectivity index is 1.50. The van der Waals surface area contributed by atoms with Crippen LogP contribution in [0.5, 0.6) is 0 Å². The summed E-state index contributed by atoms with van der Waals surface area (Å²) in [4.78, 5) is 8.08. The molecular formula is C22H25N5. The molecule has 4 aromatic rings. The van der Waals surface area contributed by atoms with Crippen molar-refractivity contribution in [2.75, 3.05) is 5.32 Å². The van der Waals surface area contributed by atoms with Gasteiger partial charge >= 0.3 is 0 Å². The van der Waals surface area contributed by atoms with Crippen molar-refractivity contribution in [3.63, 3.8) is 0 Å². The maximum Gasteiger partial charge on any atom is 0.154 e. The van der Waals surface area contributed by atoms with Crippen molar-refractivity contribution in [3.8, 4) is 11.4 Å². The van der Waals surface area contributed by atoms with E-state index in [0.717, 1.165) is 28.8 Å². The number of imidazole rings is 1. The van der Waals surface area contributed by atoms with Gasteiger partial charge in [-0.05, 0) is 62.3 Å². The molecule has 1 aliphatic carbocycles. The van der Waals surface area contributed by atoms with Gasteiger partial charge in [0.25, 0.3) is 0 Å². The van der Waals surface area contributed by atoms with E-state index >= 15 is 0 Å². The lowest BCUT2D eigenvalue weighted by molar-refractivity contribution is 0.360. The summed E-state index contributed by atoms with van der Waals surface area (Å²) >= 11 is 0. The minimum Gasteiger partial charge on any atom is -0.366 e. The Morgan fingerprint density at radius 3 is 2.78 bits per heavy atom. The van der Waals surface area contributed by atoms with E-state index in [1.54, 1.807) is 0 Å². The van der Waals surface area contributed by atoms with E-state index in [0.29, 0.717) is 6.04 Å². The SMILES string of the molecule is Cc1cccc2cc(-c3cnc4ccc(NC5CCC(C)CC5)nn34)[nH]c12. The highest BCUT2D eigenvalue weighted by atomic mass is 15.3. The molecule has 5 heteroatoms. The Morgan fingerprint density at radius 2 is 1.96 bits per heavy atom. The van der Waals surface area contributed by atoms with Crippen molar-refractivity contribution in [3.05, 3.63) is 48.2 Å². The number of nitrogens with zero attached hydrogens (tertiary/aromatic N) is 3. The first-order valence-electron chi connectivity index (χ1n) is 9.87. The lowest BCUT2D eigenvalue weighted by Gasteiger charge is -2.27. The zero-order valence-electron chi connectivity index (χ0n) is 15.9. The molecule has 0 unspecified atom stereocenters. The maximum atomic E-state index is 4.84. The van der Waals surface area contributed by atoms with E-state index in [9.17, 15) is 0 Å². The van der Waals surface area contributed by atoms with Crippen LogP contribution in [-0.4, -0.2) is 25.6 Å². The number of para-hydroxylation sites is 1. The molecule has 1 aromatic carbocycles. The largest absolute Gasteiger partial charge is 0.366 e. The van der Waals surface area contributed by atoms with Gasteiger partial charge < -0.3 is 10.3 Å². The second-order valence-electron chi connectivity index (χ2n) is 7.96. The first-order chi connectivity index (χ1) is 13.2. The fourth-order valence-electron chi connectivity index (χ4n) is 4.19. The Morgan fingerprint density at radius 1 is 1.11 bits per heavy atom. The number of hydrogen-bond acceptors (Lipinski definition) is 3. The Kier molecular flexibility index (Phi) is 3.88. The van der Waals surface area contributed by atoms with Gasteiger partial charge in [0, 0.05) is 16.9 Å². The van der Waals surface area contributed by atoms with Gasteiger partial charge in [0.15, 0.2) is 5.65 Å². The number of aromatic nitrogens is 4. The number of hydrogen-bond donors (Lipinski definition) is 2. The van der Waals surface area contributed by atoms with Gasteiger partial charge in [0.05, 0.1) is 11.9 Å². The Labute approximate surface area is 158 Å². The standard InChI is InChI=1S/C22H25N5/c1-14-6-8-17(9-7-14)24-20-10-11-21-23-13-19(27(21)26-20)18-12-16-5-3-4-15(2)22(16)25-18/h3-5,10-14,17,25H,6-9H2,1-2H3,(H,24,26). The van der Waals surface area contributed by atoms with Crippen LogP contribution in [0.1, 0.15) is 38.2 Å². The van der Waals surface area contributed by atoms with E-state index < -0.39 is 0 Å². The number of aryl methyl sites for hydroxylation is 1. The van der Waals surface area contributed by atoms with Crippen molar-refractivity contribution < 1.29 is 0 Å². The van der Waals surface area contributed by atoms with Crippen molar-refractivity contribution in [2.45, 2.75) is 45.6 Å². The molecule has 1 saturated carbocycles. The summed E-state index contributed by atoms with van der Waals surface area (Å²) in [7, 11) is 0. The quantitative estimate of drug-likeness (QED) is 0.530. The molecule has 138 valence electrons. The van der Waals surface area contributed by atoms with Crippen molar-refractivity contribution in [2.24, 2.45) is 5.92 Å². The Hall–Kier alpha value is -2.82. The van der Waals surface area contributed by atoms with Gasteiger partial charge in [-0.25, -0.2) is 9.50 Å². The van der Waals surface area contributed by atoms with Crippen LogP contribution in [-0.2, 0) is 0 Å². The number of benzene rings is 1. The summed E-state index contributed by atoms with van der Waals surface area (Å²) in [6.07, 6.45) is 6.93. The van der Waals surface area contributed by atoms with Crippen LogP contribution in [0.2, 0.25) is 0 Å². The fourth-order valence-corrected chi connectivity index (χ4v) is 4.19. The topological polar surface area (TPSA) is 58.0 Å². The molecule has 2 N–H and O–H groups in total. The predicted octanol–water partition coefficient (Wildman–Crippen LogP) is 5.18. The molecule has 27 heavy (non-hydrogen) atoms. The van der Waals surface area contributed by atoms with E-state index in [-0.39, 0.29) is 0 Å².